The number of rotatable bonds is 4. The van der Waals surface area contributed by atoms with Crippen molar-refractivity contribution in [2.45, 2.75) is 31.4 Å². The highest BCUT2D eigenvalue weighted by Gasteiger charge is 2.26. The summed E-state index contributed by atoms with van der Waals surface area (Å²) in [5.74, 6) is -1.07. The molecule has 0 saturated carbocycles. The van der Waals surface area contributed by atoms with Crippen molar-refractivity contribution in [2.24, 2.45) is 0 Å². The van der Waals surface area contributed by atoms with Crippen LogP contribution < -0.4 is 5.32 Å². The van der Waals surface area contributed by atoms with Gasteiger partial charge in [-0.05, 0) is 18.4 Å². The molecule has 0 spiro atoms. The van der Waals surface area contributed by atoms with E-state index in [-0.39, 0.29) is 13.0 Å². The van der Waals surface area contributed by atoms with Crippen molar-refractivity contribution in [3.05, 3.63) is 35.9 Å². The highest BCUT2D eigenvalue weighted by molar-refractivity contribution is 5.82. The lowest BCUT2D eigenvalue weighted by Gasteiger charge is -2.31. The van der Waals surface area contributed by atoms with Gasteiger partial charge in [0.15, 0.2) is 0 Å². The Bertz CT molecular complexity index is 492. The number of nitrogens with one attached hydrogen (secondary N) is 1. The van der Waals surface area contributed by atoms with Gasteiger partial charge in [-0.2, -0.15) is 0 Å². The first kappa shape index (κ1) is 15.3. The normalized spacial score (nSPS) is 19.9. The molecule has 1 aromatic rings. The van der Waals surface area contributed by atoms with Crippen LogP contribution in [-0.2, 0) is 11.2 Å². The molecule has 0 aromatic heterocycles. The summed E-state index contributed by atoms with van der Waals surface area (Å²) in [7, 11) is 0. The van der Waals surface area contributed by atoms with Gasteiger partial charge in [0.05, 0.1) is 6.10 Å². The molecular weight excluding hydrogens is 272 g/mol. The van der Waals surface area contributed by atoms with Gasteiger partial charge >= 0.3 is 12.0 Å². The number of piperidine rings is 1. The number of β-amino-alcohol motifs (C(OH)–C–C–N with tert-alkyl or cyclic N) is 1. The number of amides is 2. The molecule has 3 N–H and O–H groups in total. The van der Waals surface area contributed by atoms with Crippen LogP contribution in [0.1, 0.15) is 18.4 Å². The number of carboxylic acid groups (broad SMARTS) is 1. The van der Waals surface area contributed by atoms with Gasteiger partial charge in [-0.1, -0.05) is 30.3 Å². The fraction of sp³-hybridized carbons (Fsp3) is 0.467. The van der Waals surface area contributed by atoms with Crippen molar-refractivity contribution >= 4 is 12.0 Å². The average molecular weight is 292 g/mol. The Kier molecular flexibility index (Phi) is 5.16. The van der Waals surface area contributed by atoms with E-state index < -0.39 is 24.1 Å². The first-order valence-corrected chi connectivity index (χ1v) is 7.06. The van der Waals surface area contributed by atoms with Gasteiger partial charge in [0, 0.05) is 19.5 Å². The average Bonchev–Trinajstić information content (AvgIpc) is 2.47. The van der Waals surface area contributed by atoms with Crippen LogP contribution in [0.5, 0.6) is 0 Å². The number of urea groups is 1. The van der Waals surface area contributed by atoms with E-state index in [1.54, 1.807) is 0 Å². The maximum Gasteiger partial charge on any atom is 0.326 e. The molecule has 2 amide bonds. The van der Waals surface area contributed by atoms with Gasteiger partial charge in [0.2, 0.25) is 0 Å². The molecule has 114 valence electrons. The van der Waals surface area contributed by atoms with Crippen molar-refractivity contribution in [3.8, 4) is 0 Å². The van der Waals surface area contributed by atoms with E-state index in [9.17, 15) is 19.8 Å². The number of nitrogens with zero attached hydrogens (tertiary/aromatic N) is 1. The summed E-state index contributed by atoms with van der Waals surface area (Å²) in [6.07, 6.45) is 1.11. The number of hydrogen-bond acceptors (Lipinski definition) is 3. The maximum atomic E-state index is 12.1. The van der Waals surface area contributed by atoms with E-state index in [1.165, 1.54) is 4.90 Å². The lowest BCUT2D eigenvalue weighted by atomic mass is 10.1. The largest absolute Gasteiger partial charge is 0.480 e. The van der Waals surface area contributed by atoms with Crippen molar-refractivity contribution in [1.82, 2.24) is 10.2 Å². The first-order valence-electron chi connectivity index (χ1n) is 7.06. The van der Waals surface area contributed by atoms with Crippen LogP contribution in [-0.4, -0.2) is 52.3 Å². The summed E-state index contributed by atoms with van der Waals surface area (Å²) in [6, 6.07) is 7.76. The molecule has 2 atom stereocenters. The molecule has 6 heteroatoms. The lowest BCUT2D eigenvalue weighted by Crippen LogP contribution is -2.52. The van der Waals surface area contributed by atoms with Crippen LogP contribution in [0.15, 0.2) is 30.3 Å². The van der Waals surface area contributed by atoms with E-state index in [1.807, 2.05) is 30.3 Å². The summed E-state index contributed by atoms with van der Waals surface area (Å²) in [4.78, 5) is 24.9. The summed E-state index contributed by atoms with van der Waals surface area (Å²) in [6.45, 7) is 0.796. The third kappa shape index (κ3) is 4.46. The quantitative estimate of drug-likeness (QED) is 0.767. The third-order valence-corrected chi connectivity index (χ3v) is 3.56. The summed E-state index contributed by atoms with van der Waals surface area (Å²) < 4.78 is 0. The van der Waals surface area contributed by atoms with E-state index in [0.717, 1.165) is 12.0 Å². The number of carboxylic acids is 1. The SMILES string of the molecule is O=C(O)[C@@H](Cc1ccccc1)NC(=O)N1CCCC(O)C1. The highest BCUT2D eigenvalue weighted by Crippen LogP contribution is 2.10. The summed E-state index contributed by atoms with van der Waals surface area (Å²) in [5.41, 5.74) is 0.851. The summed E-state index contributed by atoms with van der Waals surface area (Å²) >= 11 is 0. The number of carbonyl (C=O) groups excluding carboxylic acids is 1. The van der Waals surface area contributed by atoms with Crippen LogP contribution in [0, 0.1) is 0 Å². The van der Waals surface area contributed by atoms with Gasteiger partial charge in [-0.3, -0.25) is 0 Å². The maximum absolute atomic E-state index is 12.1. The Balaban J connectivity index is 1.96. The lowest BCUT2D eigenvalue weighted by molar-refractivity contribution is -0.139. The molecule has 6 nitrogen and oxygen atoms in total. The molecular formula is C15H20N2O4. The highest BCUT2D eigenvalue weighted by atomic mass is 16.4. The molecule has 21 heavy (non-hydrogen) atoms. The Morgan fingerprint density at radius 2 is 2.05 bits per heavy atom. The predicted molar refractivity (Wildman–Crippen MR) is 76.9 cm³/mol. The first-order chi connectivity index (χ1) is 10.1. The molecule has 1 fully saturated rings. The Hall–Kier alpha value is -2.08. The van der Waals surface area contributed by atoms with E-state index in [2.05, 4.69) is 5.32 Å². The van der Waals surface area contributed by atoms with Crippen LogP contribution in [0.3, 0.4) is 0 Å². The smallest absolute Gasteiger partial charge is 0.326 e. The van der Waals surface area contributed by atoms with Gasteiger partial charge in [0.25, 0.3) is 0 Å². The minimum atomic E-state index is -1.07. The van der Waals surface area contributed by atoms with Gasteiger partial charge in [-0.25, -0.2) is 9.59 Å². The molecule has 0 aliphatic carbocycles. The van der Waals surface area contributed by atoms with E-state index >= 15 is 0 Å². The zero-order chi connectivity index (χ0) is 15.2. The number of likely N-dealkylation sites (tertiary alicyclic amines) is 1. The number of aliphatic hydroxyl groups excluding tert-OH is 1. The number of aliphatic hydroxyl groups is 1. The van der Waals surface area contributed by atoms with Gasteiger partial charge in [0.1, 0.15) is 6.04 Å². The Morgan fingerprint density at radius 3 is 2.67 bits per heavy atom. The number of aliphatic carboxylic acids is 1. The molecule has 1 heterocycles. The Labute approximate surface area is 123 Å². The van der Waals surface area contributed by atoms with E-state index in [4.69, 9.17) is 0 Å². The predicted octanol–water partition coefficient (Wildman–Crippen LogP) is 0.849. The number of hydrogen-bond donors (Lipinski definition) is 3. The second-order valence-corrected chi connectivity index (χ2v) is 5.27. The van der Waals surface area contributed by atoms with Crippen LogP contribution in [0.4, 0.5) is 4.79 Å². The monoisotopic (exact) mass is 292 g/mol. The second-order valence-electron chi connectivity index (χ2n) is 5.27. The van der Waals surface area contributed by atoms with Crippen molar-refractivity contribution in [2.75, 3.05) is 13.1 Å². The zero-order valence-electron chi connectivity index (χ0n) is 11.7. The zero-order valence-corrected chi connectivity index (χ0v) is 11.7. The second kappa shape index (κ2) is 7.08. The van der Waals surface area contributed by atoms with Crippen LogP contribution in [0.25, 0.3) is 0 Å². The van der Waals surface area contributed by atoms with Crippen LogP contribution >= 0.6 is 0 Å². The molecule has 1 unspecified atom stereocenters. The van der Waals surface area contributed by atoms with Crippen molar-refractivity contribution < 1.29 is 19.8 Å². The standard InChI is InChI=1S/C15H20N2O4/c18-12-7-4-8-17(10-12)15(21)16-13(14(19)20)9-11-5-2-1-3-6-11/h1-3,5-6,12-13,18H,4,7-10H2,(H,16,21)(H,19,20)/t12?,13-/m1/s1. The number of carbonyl (C=O) groups is 2. The fourth-order valence-corrected chi connectivity index (χ4v) is 2.43. The molecule has 0 radical (unpaired) electrons. The van der Waals surface area contributed by atoms with Gasteiger partial charge in [-0.15, -0.1) is 0 Å². The molecule has 0 bridgehead atoms. The molecule has 1 aromatic carbocycles. The fourth-order valence-electron chi connectivity index (χ4n) is 2.43. The van der Waals surface area contributed by atoms with Crippen molar-refractivity contribution in [1.29, 1.82) is 0 Å². The molecule has 1 saturated heterocycles. The Morgan fingerprint density at radius 1 is 1.33 bits per heavy atom. The van der Waals surface area contributed by atoms with E-state index in [0.29, 0.717) is 13.0 Å². The number of benzene rings is 1. The molecule has 1 aliphatic rings. The molecule has 1 aliphatic heterocycles. The minimum Gasteiger partial charge on any atom is -0.480 e. The van der Waals surface area contributed by atoms with Crippen LogP contribution in [0.2, 0.25) is 0 Å². The summed E-state index contributed by atoms with van der Waals surface area (Å²) in [5, 5.41) is 21.4. The third-order valence-electron chi connectivity index (χ3n) is 3.56. The topological polar surface area (TPSA) is 89.9 Å². The van der Waals surface area contributed by atoms with Crippen molar-refractivity contribution in [3.63, 3.8) is 0 Å². The van der Waals surface area contributed by atoms with Gasteiger partial charge < -0.3 is 20.4 Å². The molecule has 2 rings (SSSR count). The minimum absolute atomic E-state index is 0.234.